The van der Waals surface area contributed by atoms with E-state index < -0.39 is 6.04 Å². The fourth-order valence-electron chi connectivity index (χ4n) is 2.72. The van der Waals surface area contributed by atoms with Gasteiger partial charge in [-0.05, 0) is 25.5 Å². The van der Waals surface area contributed by atoms with E-state index in [-0.39, 0.29) is 17.0 Å². The summed E-state index contributed by atoms with van der Waals surface area (Å²) in [6, 6.07) is 14.8. The van der Waals surface area contributed by atoms with Crippen LogP contribution in [0.5, 0.6) is 0 Å². The maximum Gasteiger partial charge on any atom is 0.267 e. The molecule has 1 unspecified atom stereocenters. The minimum Gasteiger partial charge on any atom is -0.354 e. The van der Waals surface area contributed by atoms with Crippen molar-refractivity contribution in [3.63, 3.8) is 0 Å². The quantitative estimate of drug-likeness (QED) is 0.623. The number of aryl methyl sites for hydroxylation is 1. The molecular formula is C20H21N5O3. The number of benzene rings is 1. The van der Waals surface area contributed by atoms with Crippen molar-refractivity contribution in [1.29, 1.82) is 0 Å². The molecule has 2 aromatic heterocycles. The van der Waals surface area contributed by atoms with Crippen LogP contribution >= 0.6 is 0 Å². The second-order valence-corrected chi connectivity index (χ2v) is 6.27. The molecule has 3 aromatic rings. The van der Waals surface area contributed by atoms with Gasteiger partial charge in [-0.3, -0.25) is 14.4 Å². The van der Waals surface area contributed by atoms with Crippen LogP contribution in [0.4, 0.5) is 0 Å². The molecule has 1 N–H and O–H groups in total. The summed E-state index contributed by atoms with van der Waals surface area (Å²) in [5.74, 6) is -0.312. The molecular weight excluding hydrogens is 358 g/mol. The van der Waals surface area contributed by atoms with Crippen molar-refractivity contribution in [2.45, 2.75) is 25.9 Å². The molecule has 1 aromatic carbocycles. The largest absolute Gasteiger partial charge is 0.354 e. The third-order valence-electron chi connectivity index (χ3n) is 4.27. The fraction of sp³-hybridized carbons (Fsp3) is 0.250. The molecule has 0 saturated carbocycles. The van der Waals surface area contributed by atoms with Gasteiger partial charge in [-0.1, -0.05) is 30.3 Å². The molecule has 1 amide bonds. The molecule has 2 heterocycles. The van der Waals surface area contributed by atoms with Crippen LogP contribution < -0.4 is 16.4 Å². The van der Waals surface area contributed by atoms with Gasteiger partial charge in [0.15, 0.2) is 0 Å². The van der Waals surface area contributed by atoms with Crippen LogP contribution in [0.3, 0.4) is 0 Å². The van der Waals surface area contributed by atoms with Crippen molar-refractivity contribution in [3.05, 3.63) is 81.5 Å². The first-order chi connectivity index (χ1) is 13.6. The number of rotatable bonds is 7. The van der Waals surface area contributed by atoms with Crippen molar-refractivity contribution < 1.29 is 4.79 Å². The number of amides is 1. The van der Waals surface area contributed by atoms with Crippen LogP contribution in [0.25, 0.3) is 11.3 Å². The van der Waals surface area contributed by atoms with E-state index in [9.17, 15) is 14.4 Å². The smallest absolute Gasteiger partial charge is 0.267 e. The lowest BCUT2D eigenvalue weighted by Gasteiger charge is -2.15. The third-order valence-corrected chi connectivity index (χ3v) is 4.27. The van der Waals surface area contributed by atoms with Crippen LogP contribution in [0.1, 0.15) is 19.4 Å². The topological polar surface area (TPSA) is 98.9 Å². The minimum absolute atomic E-state index is 0.185. The summed E-state index contributed by atoms with van der Waals surface area (Å²) >= 11 is 0. The van der Waals surface area contributed by atoms with Crippen LogP contribution in [0.15, 0.2) is 70.4 Å². The first kappa shape index (κ1) is 19.2. The van der Waals surface area contributed by atoms with Gasteiger partial charge in [0.1, 0.15) is 6.04 Å². The highest BCUT2D eigenvalue weighted by Crippen LogP contribution is 2.15. The standard InChI is InChI=1S/C20H21N5O3/c1-15(20(28)21-12-6-14-24-18(26)9-5-13-22-24)25-19(27)11-10-17(23-25)16-7-3-2-4-8-16/h2-5,7-11,13,15H,6,12,14H2,1H3,(H,21,28). The van der Waals surface area contributed by atoms with Gasteiger partial charge < -0.3 is 5.32 Å². The van der Waals surface area contributed by atoms with Gasteiger partial charge in [0, 0.05) is 37.0 Å². The van der Waals surface area contributed by atoms with E-state index in [2.05, 4.69) is 15.5 Å². The summed E-state index contributed by atoms with van der Waals surface area (Å²) < 4.78 is 2.52. The van der Waals surface area contributed by atoms with Crippen molar-refractivity contribution >= 4 is 5.91 Å². The van der Waals surface area contributed by atoms with Crippen LogP contribution in [0.2, 0.25) is 0 Å². The molecule has 3 rings (SSSR count). The Morgan fingerprint density at radius 2 is 1.82 bits per heavy atom. The molecule has 0 aliphatic carbocycles. The van der Waals surface area contributed by atoms with Crippen LogP contribution in [-0.4, -0.2) is 32.0 Å². The third kappa shape index (κ3) is 4.59. The van der Waals surface area contributed by atoms with E-state index in [0.29, 0.717) is 25.2 Å². The molecule has 0 aliphatic heterocycles. The highest BCUT2D eigenvalue weighted by Gasteiger charge is 2.17. The van der Waals surface area contributed by atoms with Crippen LogP contribution in [-0.2, 0) is 11.3 Å². The van der Waals surface area contributed by atoms with Gasteiger partial charge in [-0.15, -0.1) is 0 Å². The molecule has 0 fully saturated rings. The average Bonchev–Trinajstić information content (AvgIpc) is 2.72. The number of aromatic nitrogens is 4. The Kier molecular flexibility index (Phi) is 6.11. The van der Waals surface area contributed by atoms with Gasteiger partial charge in [0.05, 0.1) is 5.69 Å². The molecule has 1 atom stereocenters. The molecule has 144 valence electrons. The molecule has 0 spiro atoms. The molecule has 0 aliphatic rings. The zero-order valence-electron chi connectivity index (χ0n) is 15.5. The van der Waals surface area contributed by atoms with E-state index >= 15 is 0 Å². The first-order valence-corrected chi connectivity index (χ1v) is 9.01. The summed E-state index contributed by atoms with van der Waals surface area (Å²) in [6.45, 7) is 2.39. The van der Waals surface area contributed by atoms with Crippen molar-refractivity contribution in [2.75, 3.05) is 6.54 Å². The number of carbonyl (C=O) groups is 1. The lowest BCUT2D eigenvalue weighted by Crippen LogP contribution is -2.37. The molecule has 8 heteroatoms. The number of nitrogens with zero attached hydrogens (tertiary/aromatic N) is 4. The highest BCUT2D eigenvalue weighted by molar-refractivity contribution is 5.79. The maximum absolute atomic E-state index is 12.4. The summed E-state index contributed by atoms with van der Waals surface area (Å²) in [6.07, 6.45) is 2.08. The molecule has 28 heavy (non-hydrogen) atoms. The zero-order chi connectivity index (χ0) is 19.9. The number of hydrogen-bond donors (Lipinski definition) is 1. The van der Waals surface area contributed by atoms with E-state index in [4.69, 9.17) is 0 Å². The van der Waals surface area contributed by atoms with E-state index in [0.717, 1.165) is 5.56 Å². The monoisotopic (exact) mass is 379 g/mol. The number of hydrogen-bond acceptors (Lipinski definition) is 5. The molecule has 0 saturated heterocycles. The Balaban J connectivity index is 1.62. The summed E-state index contributed by atoms with van der Waals surface area (Å²) in [5, 5.41) is 11.1. The van der Waals surface area contributed by atoms with Gasteiger partial charge >= 0.3 is 0 Å². The number of nitrogens with one attached hydrogen (secondary N) is 1. The Morgan fingerprint density at radius 1 is 1.04 bits per heavy atom. The SMILES string of the molecule is CC(C(=O)NCCCn1ncccc1=O)n1nc(-c2ccccc2)ccc1=O. The Morgan fingerprint density at radius 3 is 2.57 bits per heavy atom. The van der Waals surface area contributed by atoms with Crippen molar-refractivity contribution in [3.8, 4) is 11.3 Å². The van der Waals surface area contributed by atoms with E-state index in [1.54, 1.807) is 25.3 Å². The van der Waals surface area contributed by atoms with Crippen LogP contribution in [0, 0.1) is 0 Å². The van der Waals surface area contributed by atoms with Crippen molar-refractivity contribution in [1.82, 2.24) is 24.9 Å². The highest BCUT2D eigenvalue weighted by atomic mass is 16.2. The predicted octanol–water partition coefficient (Wildman–Crippen LogP) is 1.23. The van der Waals surface area contributed by atoms with Gasteiger partial charge in [-0.2, -0.15) is 10.2 Å². The number of carbonyl (C=O) groups excluding carboxylic acids is 1. The Hall–Kier alpha value is -3.55. The normalized spacial score (nSPS) is 11.8. The van der Waals surface area contributed by atoms with Gasteiger partial charge in [-0.25, -0.2) is 9.36 Å². The first-order valence-electron chi connectivity index (χ1n) is 9.01. The predicted molar refractivity (Wildman–Crippen MR) is 105 cm³/mol. The minimum atomic E-state index is -0.756. The summed E-state index contributed by atoms with van der Waals surface area (Å²) in [5.41, 5.74) is 0.956. The average molecular weight is 379 g/mol. The van der Waals surface area contributed by atoms with E-state index in [1.807, 2.05) is 30.3 Å². The zero-order valence-corrected chi connectivity index (χ0v) is 15.5. The second-order valence-electron chi connectivity index (χ2n) is 6.27. The fourth-order valence-corrected chi connectivity index (χ4v) is 2.72. The second kappa shape index (κ2) is 8.90. The maximum atomic E-state index is 12.4. The van der Waals surface area contributed by atoms with Crippen molar-refractivity contribution in [2.24, 2.45) is 0 Å². The lowest BCUT2D eigenvalue weighted by atomic mass is 10.1. The summed E-state index contributed by atoms with van der Waals surface area (Å²) in [7, 11) is 0. The Bertz CT molecular complexity index is 1060. The molecule has 0 radical (unpaired) electrons. The Labute approximate surface area is 161 Å². The summed E-state index contributed by atoms with van der Waals surface area (Å²) in [4.78, 5) is 36.2. The van der Waals surface area contributed by atoms with Gasteiger partial charge in [0.2, 0.25) is 5.91 Å². The van der Waals surface area contributed by atoms with E-state index in [1.165, 1.54) is 21.5 Å². The molecule has 8 nitrogen and oxygen atoms in total. The van der Waals surface area contributed by atoms with Gasteiger partial charge in [0.25, 0.3) is 11.1 Å². The lowest BCUT2D eigenvalue weighted by molar-refractivity contribution is -0.124. The molecule has 0 bridgehead atoms.